The Bertz CT molecular complexity index is 1220. The molecule has 4 aromatic rings. The third-order valence-electron chi connectivity index (χ3n) is 4.83. The number of nitrogen functional groups attached to an aromatic ring is 1. The molecule has 1 heterocycles. The summed E-state index contributed by atoms with van der Waals surface area (Å²) in [5.74, 6) is 0.607. The van der Waals surface area contributed by atoms with Gasteiger partial charge in [0.1, 0.15) is 16.4 Å². The lowest BCUT2D eigenvalue weighted by Gasteiger charge is -2.11. The maximum absolute atomic E-state index is 13.7. The molecule has 0 saturated heterocycles. The first kappa shape index (κ1) is 19.2. The number of hydrogen-bond acceptors (Lipinski definition) is 4. The maximum atomic E-state index is 13.7. The van der Waals surface area contributed by atoms with Crippen molar-refractivity contribution in [1.29, 1.82) is 0 Å². The summed E-state index contributed by atoms with van der Waals surface area (Å²) in [6.07, 6.45) is 0. The number of benzene rings is 3. The van der Waals surface area contributed by atoms with Gasteiger partial charge in [0.25, 0.3) is 0 Å². The number of rotatable bonds is 4. The van der Waals surface area contributed by atoms with Gasteiger partial charge in [-0.05, 0) is 86.0 Å². The number of nitrogens with two attached hydrogens (primary N) is 1. The van der Waals surface area contributed by atoms with Crippen molar-refractivity contribution < 1.29 is 13.9 Å². The molecule has 5 heteroatoms. The van der Waals surface area contributed by atoms with Gasteiger partial charge in [-0.1, -0.05) is 6.07 Å². The summed E-state index contributed by atoms with van der Waals surface area (Å²) >= 11 is 1.39. The third kappa shape index (κ3) is 3.61. The Morgan fingerprint density at radius 2 is 1.62 bits per heavy atom. The number of ketones is 1. The van der Waals surface area contributed by atoms with Gasteiger partial charge in [0.15, 0.2) is 5.75 Å². The van der Waals surface area contributed by atoms with Crippen LogP contribution in [0.3, 0.4) is 0 Å². The Labute approximate surface area is 172 Å². The number of carbonyl (C=O) groups excluding carboxylic acids is 1. The van der Waals surface area contributed by atoms with E-state index in [-0.39, 0.29) is 11.6 Å². The standard InChI is InChI=1S/C24H20FNO2S/c1-13-4-9-19-20(10-13)29-24(23(19)28-18-7-5-17(26)6-8-18)22(27)21-14(2)11-16(25)12-15(21)3/h4-12H,26H2,1-3H3. The number of anilines is 1. The van der Waals surface area contributed by atoms with E-state index in [0.717, 1.165) is 15.6 Å². The Hall–Kier alpha value is -3.18. The van der Waals surface area contributed by atoms with Crippen LogP contribution in [0.2, 0.25) is 0 Å². The number of fused-ring (bicyclic) bond motifs is 1. The highest BCUT2D eigenvalue weighted by Crippen LogP contribution is 2.42. The predicted molar refractivity (Wildman–Crippen MR) is 117 cm³/mol. The quantitative estimate of drug-likeness (QED) is 0.308. The molecule has 0 bridgehead atoms. The van der Waals surface area contributed by atoms with E-state index in [1.807, 2.05) is 25.1 Å². The van der Waals surface area contributed by atoms with Crippen molar-refractivity contribution in [2.45, 2.75) is 20.8 Å². The van der Waals surface area contributed by atoms with Crippen molar-refractivity contribution in [3.63, 3.8) is 0 Å². The van der Waals surface area contributed by atoms with E-state index >= 15 is 0 Å². The first-order valence-corrected chi connectivity index (χ1v) is 10.0. The largest absolute Gasteiger partial charge is 0.455 e. The predicted octanol–water partition coefficient (Wildman–Crippen LogP) is 6.57. The number of carbonyl (C=O) groups is 1. The third-order valence-corrected chi connectivity index (χ3v) is 5.96. The van der Waals surface area contributed by atoms with Crippen LogP contribution in [0.25, 0.3) is 10.1 Å². The van der Waals surface area contributed by atoms with Gasteiger partial charge in [0.2, 0.25) is 5.78 Å². The average molecular weight is 405 g/mol. The van der Waals surface area contributed by atoms with Crippen LogP contribution in [-0.4, -0.2) is 5.78 Å². The molecule has 0 aliphatic rings. The molecule has 0 radical (unpaired) electrons. The van der Waals surface area contributed by atoms with Crippen molar-refractivity contribution in [1.82, 2.24) is 0 Å². The second kappa shape index (κ2) is 7.33. The zero-order valence-electron chi connectivity index (χ0n) is 16.4. The van der Waals surface area contributed by atoms with Gasteiger partial charge in [-0.3, -0.25) is 4.79 Å². The van der Waals surface area contributed by atoms with Crippen LogP contribution in [0.5, 0.6) is 11.5 Å². The summed E-state index contributed by atoms with van der Waals surface area (Å²) in [5.41, 5.74) is 9.24. The molecule has 0 unspecified atom stereocenters. The summed E-state index contributed by atoms with van der Waals surface area (Å²) in [6, 6.07) is 15.8. The lowest BCUT2D eigenvalue weighted by atomic mass is 9.97. The Morgan fingerprint density at radius 1 is 0.966 bits per heavy atom. The van der Waals surface area contributed by atoms with Crippen molar-refractivity contribution in [3.8, 4) is 11.5 Å². The van der Waals surface area contributed by atoms with Crippen LogP contribution in [0, 0.1) is 26.6 Å². The van der Waals surface area contributed by atoms with Gasteiger partial charge >= 0.3 is 0 Å². The summed E-state index contributed by atoms with van der Waals surface area (Å²) < 4.78 is 20.9. The smallest absolute Gasteiger partial charge is 0.207 e. The van der Waals surface area contributed by atoms with Gasteiger partial charge in [0.05, 0.1) is 0 Å². The zero-order valence-corrected chi connectivity index (χ0v) is 17.2. The minimum atomic E-state index is -0.345. The maximum Gasteiger partial charge on any atom is 0.207 e. The molecule has 0 aliphatic heterocycles. The first-order chi connectivity index (χ1) is 13.8. The zero-order chi connectivity index (χ0) is 20.7. The van der Waals surface area contributed by atoms with Gasteiger partial charge in [0, 0.05) is 21.3 Å². The fourth-order valence-corrected chi connectivity index (χ4v) is 4.64. The van der Waals surface area contributed by atoms with Crippen LogP contribution < -0.4 is 10.5 Å². The molecule has 4 rings (SSSR count). The monoisotopic (exact) mass is 405 g/mol. The average Bonchev–Trinajstić information content (AvgIpc) is 3.00. The van der Waals surface area contributed by atoms with Crippen LogP contribution in [0.4, 0.5) is 10.1 Å². The highest BCUT2D eigenvalue weighted by molar-refractivity contribution is 7.21. The van der Waals surface area contributed by atoms with Crippen LogP contribution in [0.1, 0.15) is 31.9 Å². The molecule has 0 spiro atoms. The highest BCUT2D eigenvalue weighted by Gasteiger charge is 2.24. The topological polar surface area (TPSA) is 52.3 Å². The highest BCUT2D eigenvalue weighted by atomic mass is 32.1. The van der Waals surface area contributed by atoms with Crippen molar-refractivity contribution in [2.24, 2.45) is 0 Å². The number of hydrogen-bond donors (Lipinski definition) is 1. The molecule has 3 aromatic carbocycles. The lowest BCUT2D eigenvalue weighted by molar-refractivity contribution is 0.103. The van der Waals surface area contributed by atoms with Crippen molar-refractivity contribution in [3.05, 3.63) is 87.5 Å². The van der Waals surface area contributed by atoms with Gasteiger partial charge in [-0.15, -0.1) is 11.3 Å². The van der Waals surface area contributed by atoms with E-state index in [1.54, 1.807) is 38.1 Å². The van der Waals surface area contributed by atoms with Gasteiger partial charge in [-0.2, -0.15) is 0 Å². The van der Waals surface area contributed by atoms with Crippen molar-refractivity contribution >= 4 is 32.9 Å². The van der Waals surface area contributed by atoms with E-state index < -0.39 is 0 Å². The molecule has 1 aromatic heterocycles. The second-order valence-corrected chi connectivity index (χ2v) is 8.23. The van der Waals surface area contributed by atoms with E-state index in [4.69, 9.17) is 10.5 Å². The number of aryl methyl sites for hydroxylation is 3. The van der Waals surface area contributed by atoms with Gasteiger partial charge < -0.3 is 10.5 Å². The Balaban J connectivity index is 1.89. The Morgan fingerprint density at radius 3 is 2.28 bits per heavy atom. The summed E-state index contributed by atoms with van der Waals surface area (Å²) in [7, 11) is 0. The van der Waals surface area contributed by atoms with E-state index in [9.17, 15) is 9.18 Å². The molecule has 3 nitrogen and oxygen atoms in total. The molecule has 0 saturated carbocycles. The normalized spacial score (nSPS) is 11.0. The summed E-state index contributed by atoms with van der Waals surface area (Å²) in [6.45, 7) is 5.51. The number of thiophene rings is 1. The van der Waals surface area contributed by atoms with Crippen LogP contribution >= 0.6 is 11.3 Å². The Kier molecular flexibility index (Phi) is 4.84. The van der Waals surface area contributed by atoms with Crippen molar-refractivity contribution in [2.75, 3.05) is 5.73 Å². The van der Waals surface area contributed by atoms with Gasteiger partial charge in [-0.25, -0.2) is 4.39 Å². The first-order valence-electron chi connectivity index (χ1n) is 9.21. The molecule has 2 N–H and O–H groups in total. The van der Waals surface area contributed by atoms with Crippen LogP contribution in [0.15, 0.2) is 54.6 Å². The SMILES string of the molecule is Cc1ccc2c(Oc3ccc(N)cc3)c(C(=O)c3c(C)cc(F)cc3C)sc2c1. The van der Waals surface area contributed by atoms with E-state index in [1.165, 1.54) is 23.5 Å². The fourth-order valence-electron chi connectivity index (χ4n) is 3.47. The minimum absolute atomic E-state index is 0.163. The molecule has 29 heavy (non-hydrogen) atoms. The fraction of sp³-hybridized carbons (Fsp3) is 0.125. The summed E-state index contributed by atoms with van der Waals surface area (Å²) in [4.78, 5) is 14.0. The molecule has 0 amide bonds. The molecule has 0 aliphatic carbocycles. The van der Waals surface area contributed by atoms with E-state index in [2.05, 4.69) is 0 Å². The molecular formula is C24H20FNO2S. The number of halogens is 1. The van der Waals surface area contributed by atoms with Crippen LogP contribution in [-0.2, 0) is 0 Å². The second-order valence-electron chi connectivity index (χ2n) is 7.17. The molecule has 0 fully saturated rings. The van der Waals surface area contributed by atoms with E-state index in [0.29, 0.717) is 38.8 Å². The molecule has 0 atom stereocenters. The lowest BCUT2D eigenvalue weighted by Crippen LogP contribution is -2.06. The minimum Gasteiger partial charge on any atom is -0.455 e. The molecule has 146 valence electrons. The molecular weight excluding hydrogens is 385 g/mol. The number of ether oxygens (including phenoxy) is 1. The summed E-state index contributed by atoms with van der Waals surface area (Å²) in [5, 5.41) is 0.873.